The Bertz CT molecular complexity index is 1100. The van der Waals surface area contributed by atoms with Crippen LogP contribution in [0, 0.1) is 11.6 Å². The van der Waals surface area contributed by atoms with Crippen molar-refractivity contribution in [2.75, 3.05) is 7.05 Å². The highest BCUT2D eigenvalue weighted by Crippen LogP contribution is 2.29. The van der Waals surface area contributed by atoms with Gasteiger partial charge in [-0.15, -0.1) is 0 Å². The summed E-state index contributed by atoms with van der Waals surface area (Å²) < 4.78 is 34.8. The number of hydrogen-bond donors (Lipinski definition) is 0. The third kappa shape index (κ3) is 3.99. The summed E-state index contributed by atoms with van der Waals surface area (Å²) in [5.74, 6) is -1.87. The summed E-state index contributed by atoms with van der Waals surface area (Å²) >= 11 is 0. The molecule has 2 heterocycles. The fraction of sp³-hybridized carbons (Fsp3) is 0.250. The molecule has 0 saturated heterocycles. The first-order valence-electron chi connectivity index (χ1n) is 8.94. The van der Waals surface area contributed by atoms with Crippen LogP contribution in [0.15, 0.2) is 36.5 Å². The average Bonchev–Trinajstić information content (AvgIpc) is 3.03. The lowest BCUT2D eigenvalue weighted by Gasteiger charge is -2.23. The van der Waals surface area contributed by atoms with E-state index in [-0.39, 0.29) is 16.8 Å². The van der Waals surface area contributed by atoms with Gasteiger partial charge in [-0.3, -0.25) is 4.79 Å². The summed E-state index contributed by atoms with van der Waals surface area (Å²) in [5.41, 5.74) is -0.120. The zero-order chi connectivity index (χ0) is 21.5. The highest BCUT2D eigenvalue weighted by atomic mass is 19.1. The van der Waals surface area contributed by atoms with E-state index < -0.39 is 29.2 Å². The smallest absolute Gasteiger partial charge is 0.417 e. The number of hydrogen-bond acceptors (Lipinski definition) is 4. The first kappa shape index (κ1) is 20.5. The van der Waals surface area contributed by atoms with Crippen LogP contribution in [0.25, 0.3) is 16.8 Å². The fourth-order valence-corrected chi connectivity index (χ4v) is 2.79. The zero-order valence-corrected chi connectivity index (χ0v) is 16.8. The van der Waals surface area contributed by atoms with Crippen LogP contribution in [-0.2, 0) is 4.74 Å². The van der Waals surface area contributed by atoms with Crippen LogP contribution in [0.2, 0.25) is 0 Å². The molecule has 2 amide bonds. The monoisotopic (exact) mass is 399 g/mol. The van der Waals surface area contributed by atoms with E-state index in [0.29, 0.717) is 11.0 Å². The zero-order valence-electron chi connectivity index (χ0n) is 16.8. The van der Waals surface area contributed by atoms with Gasteiger partial charge in [0.1, 0.15) is 36.3 Å². The number of amides is 2. The molecule has 0 unspecified atom stereocenters. The van der Waals surface area contributed by atoms with E-state index >= 15 is 0 Å². The number of halogens is 2. The van der Waals surface area contributed by atoms with E-state index in [1.54, 1.807) is 28.6 Å². The lowest BCUT2D eigenvalue weighted by molar-refractivity contribution is 0.0285. The number of fused-ring (bicyclic) bond motifs is 1. The van der Waals surface area contributed by atoms with Gasteiger partial charge in [0.05, 0.1) is 5.56 Å². The molecule has 0 N–H and O–H groups in total. The van der Waals surface area contributed by atoms with Gasteiger partial charge in [-0.1, -0.05) is 5.46 Å². The molecule has 29 heavy (non-hydrogen) atoms. The van der Waals surface area contributed by atoms with Gasteiger partial charge in [0.25, 0.3) is 5.91 Å². The van der Waals surface area contributed by atoms with Crippen LogP contribution < -0.4 is 5.46 Å². The number of nitrogens with zero attached hydrogens (tertiary/aromatic N) is 3. The molecule has 1 aromatic carbocycles. The Labute approximate surface area is 167 Å². The van der Waals surface area contributed by atoms with Crippen molar-refractivity contribution in [1.82, 2.24) is 14.5 Å². The molecule has 150 valence electrons. The van der Waals surface area contributed by atoms with Gasteiger partial charge in [0.15, 0.2) is 0 Å². The van der Waals surface area contributed by atoms with Crippen LogP contribution in [0.4, 0.5) is 13.6 Å². The van der Waals surface area contributed by atoms with Crippen LogP contribution in [-0.4, -0.2) is 47.0 Å². The molecular weight excluding hydrogens is 379 g/mol. The Hall–Kier alpha value is -3.23. The van der Waals surface area contributed by atoms with Crippen molar-refractivity contribution in [2.45, 2.75) is 26.4 Å². The van der Waals surface area contributed by atoms with E-state index in [4.69, 9.17) is 4.74 Å². The van der Waals surface area contributed by atoms with Crippen LogP contribution in [0.1, 0.15) is 31.1 Å². The highest BCUT2D eigenvalue weighted by molar-refractivity contribution is 6.33. The van der Waals surface area contributed by atoms with Crippen molar-refractivity contribution in [1.29, 1.82) is 0 Å². The summed E-state index contributed by atoms with van der Waals surface area (Å²) in [6, 6.07) is 6.83. The SMILES string of the molecule is Bc1ccn2nc(-c3ccc(F)cc3)c(C(=O)N(C)C(=O)OC(C)(C)C)c2c1F. The maximum atomic E-state index is 14.9. The molecule has 0 aliphatic rings. The second-order valence-electron chi connectivity index (χ2n) is 7.68. The minimum absolute atomic E-state index is 0.0651. The second-order valence-corrected chi connectivity index (χ2v) is 7.68. The standard InChI is InChI=1S/C20H20BF2N3O3/c1-20(2,3)29-19(28)25(4)18(27)14-16(11-5-7-12(22)8-6-11)24-26-10-9-13(21)15(23)17(14)26/h5-10H,21H2,1-4H3. The van der Waals surface area contributed by atoms with Crippen molar-refractivity contribution in [3.8, 4) is 11.3 Å². The molecule has 0 atom stereocenters. The average molecular weight is 399 g/mol. The van der Waals surface area contributed by atoms with Gasteiger partial charge >= 0.3 is 6.09 Å². The molecular formula is C20H20BF2N3O3. The highest BCUT2D eigenvalue weighted by Gasteiger charge is 2.31. The lowest BCUT2D eigenvalue weighted by Crippen LogP contribution is -2.38. The molecule has 3 rings (SSSR count). The summed E-state index contributed by atoms with van der Waals surface area (Å²) in [5, 5.41) is 4.31. The van der Waals surface area contributed by atoms with Gasteiger partial charge in [0, 0.05) is 18.8 Å². The molecule has 0 spiro atoms. The van der Waals surface area contributed by atoms with Gasteiger partial charge in [-0.2, -0.15) is 5.10 Å². The van der Waals surface area contributed by atoms with E-state index in [2.05, 4.69) is 5.10 Å². The summed E-state index contributed by atoms with van der Waals surface area (Å²) in [6.45, 7) is 5.02. The van der Waals surface area contributed by atoms with Crippen molar-refractivity contribution in [3.05, 3.63) is 53.7 Å². The quantitative estimate of drug-likeness (QED) is 0.622. The normalized spacial score (nSPS) is 11.5. The molecule has 0 radical (unpaired) electrons. The summed E-state index contributed by atoms with van der Waals surface area (Å²) in [6.07, 6.45) is 0.644. The van der Waals surface area contributed by atoms with Crippen molar-refractivity contribution in [2.24, 2.45) is 0 Å². The van der Waals surface area contributed by atoms with E-state index in [9.17, 15) is 18.4 Å². The Morgan fingerprint density at radius 3 is 2.34 bits per heavy atom. The van der Waals surface area contributed by atoms with E-state index in [1.165, 1.54) is 48.1 Å². The van der Waals surface area contributed by atoms with E-state index in [1.807, 2.05) is 0 Å². The Balaban J connectivity index is 2.19. The second kappa shape index (κ2) is 7.31. The molecule has 0 bridgehead atoms. The first-order chi connectivity index (χ1) is 13.5. The minimum Gasteiger partial charge on any atom is -0.443 e. The summed E-state index contributed by atoms with van der Waals surface area (Å²) in [7, 11) is 2.81. The minimum atomic E-state index is -0.875. The number of carbonyl (C=O) groups excluding carboxylic acids is 2. The molecule has 3 aromatic rings. The molecule has 0 fully saturated rings. The molecule has 9 heteroatoms. The third-order valence-electron chi connectivity index (χ3n) is 4.23. The Morgan fingerprint density at radius 1 is 1.14 bits per heavy atom. The number of aromatic nitrogens is 2. The van der Waals surface area contributed by atoms with Crippen molar-refractivity contribution < 1.29 is 23.1 Å². The number of ether oxygens (including phenoxy) is 1. The molecule has 0 aliphatic heterocycles. The van der Waals surface area contributed by atoms with Crippen molar-refractivity contribution in [3.63, 3.8) is 0 Å². The summed E-state index contributed by atoms with van der Waals surface area (Å²) in [4.78, 5) is 26.4. The van der Waals surface area contributed by atoms with Crippen LogP contribution in [0.5, 0.6) is 0 Å². The van der Waals surface area contributed by atoms with Crippen LogP contribution in [0.3, 0.4) is 0 Å². The molecule has 0 saturated carbocycles. The fourth-order valence-electron chi connectivity index (χ4n) is 2.79. The van der Waals surface area contributed by atoms with Crippen LogP contribution >= 0.6 is 0 Å². The Morgan fingerprint density at radius 2 is 1.76 bits per heavy atom. The van der Waals surface area contributed by atoms with Gasteiger partial charge in [0.2, 0.25) is 0 Å². The van der Waals surface area contributed by atoms with E-state index in [0.717, 1.165) is 4.90 Å². The molecule has 0 aliphatic carbocycles. The van der Waals surface area contributed by atoms with Crippen molar-refractivity contribution >= 4 is 30.8 Å². The number of benzene rings is 1. The third-order valence-corrected chi connectivity index (χ3v) is 4.23. The predicted molar refractivity (Wildman–Crippen MR) is 107 cm³/mol. The number of pyridine rings is 1. The van der Waals surface area contributed by atoms with Gasteiger partial charge in [-0.25, -0.2) is 23.0 Å². The first-order valence-corrected chi connectivity index (χ1v) is 8.94. The Kier molecular flexibility index (Phi) is 5.17. The van der Waals surface area contributed by atoms with Gasteiger partial charge < -0.3 is 4.74 Å². The number of carbonyl (C=O) groups is 2. The maximum Gasteiger partial charge on any atom is 0.417 e. The maximum absolute atomic E-state index is 14.9. The predicted octanol–water partition coefficient (Wildman–Crippen LogP) is 2.55. The number of imide groups is 1. The largest absolute Gasteiger partial charge is 0.443 e. The molecule has 6 nitrogen and oxygen atoms in total. The molecule has 2 aromatic heterocycles. The topological polar surface area (TPSA) is 63.9 Å². The lowest BCUT2D eigenvalue weighted by atomic mass is 9.95. The number of rotatable bonds is 2. The van der Waals surface area contributed by atoms with Gasteiger partial charge in [-0.05, 0) is 51.1 Å².